The number of hydrogen-bond acceptors (Lipinski definition) is 7. The Balaban J connectivity index is 1.43. The lowest BCUT2D eigenvalue weighted by Crippen LogP contribution is -2.28. The van der Waals surface area contributed by atoms with E-state index in [1.807, 2.05) is 24.4 Å². The Morgan fingerprint density at radius 2 is 2.03 bits per heavy atom. The van der Waals surface area contributed by atoms with Gasteiger partial charge in [0.05, 0.1) is 16.3 Å². The quantitative estimate of drug-likeness (QED) is 0.493. The summed E-state index contributed by atoms with van der Waals surface area (Å²) in [5.74, 6) is 0.189. The van der Waals surface area contributed by atoms with Gasteiger partial charge in [-0.1, -0.05) is 0 Å². The van der Waals surface area contributed by atoms with Crippen LogP contribution in [0.2, 0.25) is 0 Å². The summed E-state index contributed by atoms with van der Waals surface area (Å²) in [5.41, 5.74) is 1.91. The van der Waals surface area contributed by atoms with Crippen molar-refractivity contribution in [1.82, 2.24) is 15.3 Å². The molecule has 1 N–H and O–H groups in total. The molecule has 1 aromatic carbocycles. The lowest BCUT2D eigenvalue weighted by atomic mass is 10.1. The molecule has 3 heterocycles. The van der Waals surface area contributed by atoms with Crippen LogP contribution in [0.1, 0.15) is 10.6 Å². The van der Waals surface area contributed by atoms with Crippen molar-refractivity contribution in [2.45, 2.75) is 13.5 Å². The fraction of sp³-hybridized carbons (Fsp3) is 0.143. The standard InChI is InChI=1S/C21H17N3O4S/c1-13-24-18(12-29-13)17-8-15-2-3-16(9-19(15)28-21(17)26)27-11-20(25)23-10-14-4-6-22-7-5-14/h2-9,12H,10-11H2,1H3,(H,23,25). The van der Waals surface area contributed by atoms with E-state index in [0.29, 0.717) is 29.1 Å². The zero-order chi connectivity index (χ0) is 20.2. The van der Waals surface area contributed by atoms with Crippen LogP contribution in [-0.4, -0.2) is 22.5 Å². The SMILES string of the molecule is Cc1nc(-c2cc3ccc(OCC(=O)NCc4ccncc4)cc3oc2=O)cs1. The van der Waals surface area contributed by atoms with Gasteiger partial charge in [0.1, 0.15) is 11.3 Å². The van der Waals surface area contributed by atoms with Crippen LogP contribution in [0.4, 0.5) is 0 Å². The number of rotatable bonds is 6. The maximum absolute atomic E-state index is 12.3. The van der Waals surface area contributed by atoms with Gasteiger partial charge >= 0.3 is 5.63 Å². The molecule has 7 nitrogen and oxygen atoms in total. The van der Waals surface area contributed by atoms with Gasteiger partial charge in [-0.3, -0.25) is 9.78 Å². The number of aromatic nitrogens is 2. The van der Waals surface area contributed by atoms with Gasteiger partial charge in [-0.05, 0) is 42.8 Å². The average Bonchev–Trinajstić information content (AvgIpc) is 3.17. The number of nitrogens with zero attached hydrogens (tertiary/aromatic N) is 2. The molecule has 0 aliphatic rings. The van der Waals surface area contributed by atoms with Crippen molar-refractivity contribution in [3.8, 4) is 17.0 Å². The minimum atomic E-state index is -0.463. The smallest absolute Gasteiger partial charge is 0.345 e. The van der Waals surface area contributed by atoms with Gasteiger partial charge in [-0.2, -0.15) is 0 Å². The van der Waals surface area contributed by atoms with Gasteiger partial charge in [0.2, 0.25) is 0 Å². The third kappa shape index (κ3) is 4.49. The molecule has 0 bridgehead atoms. The molecule has 0 saturated carbocycles. The Morgan fingerprint density at radius 1 is 1.21 bits per heavy atom. The van der Waals surface area contributed by atoms with Crippen molar-refractivity contribution in [3.63, 3.8) is 0 Å². The number of thiazole rings is 1. The van der Waals surface area contributed by atoms with Crippen LogP contribution >= 0.6 is 11.3 Å². The van der Waals surface area contributed by atoms with E-state index in [-0.39, 0.29) is 12.5 Å². The molecule has 0 fully saturated rings. The Morgan fingerprint density at radius 3 is 2.79 bits per heavy atom. The molecule has 146 valence electrons. The van der Waals surface area contributed by atoms with E-state index in [0.717, 1.165) is 16.0 Å². The first-order valence-corrected chi connectivity index (χ1v) is 9.75. The van der Waals surface area contributed by atoms with Crippen LogP contribution in [0.3, 0.4) is 0 Å². The number of pyridine rings is 1. The van der Waals surface area contributed by atoms with Crippen molar-refractivity contribution in [2.75, 3.05) is 6.61 Å². The Bertz CT molecular complexity index is 1220. The van der Waals surface area contributed by atoms with Gasteiger partial charge in [0.15, 0.2) is 6.61 Å². The predicted molar refractivity (Wildman–Crippen MR) is 110 cm³/mol. The van der Waals surface area contributed by atoms with E-state index in [4.69, 9.17) is 9.15 Å². The molecule has 8 heteroatoms. The van der Waals surface area contributed by atoms with E-state index in [2.05, 4.69) is 15.3 Å². The third-order valence-electron chi connectivity index (χ3n) is 4.21. The van der Waals surface area contributed by atoms with Crippen molar-refractivity contribution < 1.29 is 13.9 Å². The van der Waals surface area contributed by atoms with E-state index >= 15 is 0 Å². The van der Waals surface area contributed by atoms with Crippen LogP contribution in [0.5, 0.6) is 5.75 Å². The Labute approximate surface area is 170 Å². The van der Waals surface area contributed by atoms with Crippen molar-refractivity contribution in [1.29, 1.82) is 0 Å². The summed E-state index contributed by atoms with van der Waals surface area (Å²) in [6, 6.07) is 10.5. The summed E-state index contributed by atoms with van der Waals surface area (Å²) in [6.45, 7) is 2.14. The first-order chi connectivity index (χ1) is 14.1. The number of fused-ring (bicyclic) bond motifs is 1. The largest absolute Gasteiger partial charge is 0.484 e. The summed E-state index contributed by atoms with van der Waals surface area (Å²) < 4.78 is 11.0. The number of hydrogen-bond donors (Lipinski definition) is 1. The number of aryl methyl sites for hydroxylation is 1. The monoisotopic (exact) mass is 407 g/mol. The minimum absolute atomic E-state index is 0.142. The van der Waals surface area contributed by atoms with Crippen LogP contribution in [0.15, 0.2) is 63.4 Å². The van der Waals surface area contributed by atoms with E-state index < -0.39 is 5.63 Å². The summed E-state index contributed by atoms with van der Waals surface area (Å²) >= 11 is 1.47. The predicted octanol–water partition coefficient (Wildman–Crippen LogP) is 3.32. The molecule has 0 atom stereocenters. The zero-order valence-electron chi connectivity index (χ0n) is 15.5. The lowest BCUT2D eigenvalue weighted by molar-refractivity contribution is -0.123. The number of nitrogens with one attached hydrogen (secondary N) is 1. The number of benzene rings is 1. The number of carbonyl (C=O) groups excluding carboxylic acids is 1. The summed E-state index contributed by atoms with van der Waals surface area (Å²) in [5, 5.41) is 6.23. The normalized spacial score (nSPS) is 10.8. The maximum atomic E-state index is 12.3. The highest BCUT2D eigenvalue weighted by molar-refractivity contribution is 7.09. The fourth-order valence-corrected chi connectivity index (χ4v) is 3.36. The lowest BCUT2D eigenvalue weighted by Gasteiger charge is -2.08. The third-order valence-corrected chi connectivity index (χ3v) is 4.98. The molecule has 3 aromatic heterocycles. The first-order valence-electron chi connectivity index (χ1n) is 8.87. The molecular formula is C21H17N3O4S. The second kappa shape index (κ2) is 8.24. The molecule has 4 rings (SSSR count). The molecule has 0 aliphatic heterocycles. The molecule has 0 unspecified atom stereocenters. The molecule has 0 aliphatic carbocycles. The van der Waals surface area contributed by atoms with Crippen LogP contribution in [0.25, 0.3) is 22.2 Å². The molecule has 0 spiro atoms. The minimum Gasteiger partial charge on any atom is -0.484 e. The van der Waals surface area contributed by atoms with Crippen LogP contribution in [-0.2, 0) is 11.3 Å². The summed E-state index contributed by atoms with van der Waals surface area (Å²) in [4.78, 5) is 32.6. The Kier molecular flexibility index (Phi) is 5.35. The Hall–Kier alpha value is -3.52. The highest BCUT2D eigenvalue weighted by Crippen LogP contribution is 2.25. The van der Waals surface area contributed by atoms with Gasteiger partial charge in [-0.25, -0.2) is 9.78 Å². The maximum Gasteiger partial charge on any atom is 0.345 e. The second-order valence-corrected chi connectivity index (χ2v) is 7.38. The summed E-state index contributed by atoms with van der Waals surface area (Å²) in [6.07, 6.45) is 3.34. The van der Waals surface area contributed by atoms with Crippen LogP contribution < -0.4 is 15.7 Å². The number of amides is 1. The van der Waals surface area contributed by atoms with E-state index in [1.54, 1.807) is 36.7 Å². The fourth-order valence-electron chi connectivity index (χ4n) is 2.75. The molecule has 1 amide bonds. The second-order valence-electron chi connectivity index (χ2n) is 6.32. The van der Waals surface area contributed by atoms with Gasteiger partial charge in [0.25, 0.3) is 5.91 Å². The van der Waals surface area contributed by atoms with Crippen molar-refractivity contribution >= 4 is 28.2 Å². The van der Waals surface area contributed by atoms with E-state index in [1.165, 1.54) is 11.3 Å². The number of carbonyl (C=O) groups is 1. The first kappa shape index (κ1) is 18.8. The highest BCUT2D eigenvalue weighted by Gasteiger charge is 2.11. The highest BCUT2D eigenvalue weighted by atomic mass is 32.1. The van der Waals surface area contributed by atoms with Gasteiger partial charge < -0.3 is 14.5 Å². The molecule has 0 saturated heterocycles. The molecule has 29 heavy (non-hydrogen) atoms. The molecule has 0 radical (unpaired) electrons. The molecule has 4 aromatic rings. The van der Waals surface area contributed by atoms with Crippen molar-refractivity contribution in [2.24, 2.45) is 0 Å². The van der Waals surface area contributed by atoms with Gasteiger partial charge in [-0.15, -0.1) is 11.3 Å². The molecular weight excluding hydrogens is 390 g/mol. The number of ether oxygens (including phenoxy) is 1. The average molecular weight is 407 g/mol. The zero-order valence-corrected chi connectivity index (χ0v) is 16.4. The van der Waals surface area contributed by atoms with E-state index in [9.17, 15) is 9.59 Å². The van der Waals surface area contributed by atoms with Crippen molar-refractivity contribution in [3.05, 3.63) is 75.2 Å². The van der Waals surface area contributed by atoms with Gasteiger partial charge in [0, 0.05) is 35.8 Å². The van der Waals surface area contributed by atoms with Crippen LogP contribution in [0, 0.1) is 6.92 Å². The topological polar surface area (TPSA) is 94.3 Å². The summed E-state index contributed by atoms with van der Waals surface area (Å²) in [7, 11) is 0.